The van der Waals surface area contributed by atoms with E-state index in [1.54, 1.807) is 0 Å². The molecule has 2 rings (SSSR count). The zero-order valence-corrected chi connectivity index (χ0v) is 16.8. The molecular formula is C17H30N4OS2. The monoisotopic (exact) mass is 370 g/mol. The van der Waals surface area contributed by atoms with E-state index >= 15 is 0 Å². The maximum atomic E-state index is 5.51. The van der Waals surface area contributed by atoms with Gasteiger partial charge >= 0.3 is 0 Å². The van der Waals surface area contributed by atoms with Crippen molar-refractivity contribution < 1.29 is 4.74 Å². The number of thiophene rings is 1. The molecule has 0 aliphatic carbocycles. The van der Waals surface area contributed by atoms with Crippen LogP contribution in [-0.2, 0) is 4.74 Å². The van der Waals surface area contributed by atoms with Gasteiger partial charge in [-0.1, -0.05) is 6.07 Å². The van der Waals surface area contributed by atoms with Crippen LogP contribution in [0.2, 0.25) is 0 Å². The van der Waals surface area contributed by atoms with E-state index in [0.29, 0.717) is 6.04 Å². The number of aliphatic imine (C=N–C) groups is 1. The standard InChI is InChI=1S/C17H30N4OS2/c1-17(2,23-4)13-20-16(18-3)19-12-14(15-6-5-11-24-15)21-7-9-22-10-8-21/h5-6,11,14H,7-10,12-13H2,1-4H3,(H2,18,19,20). The molecule has 24 heavy (non-hydrogen) atoms. The van der Waals surface area contributed by atoms with Crippen LogP contribution in [0.1, 0.15) is 24.8 Å². The van der Waals surface area contributed by atoms with Crippen LogP contribution in [-0.4, -0.2) is 68.3 Å². The summed E-state index contributed by atoms with van der Waals surface area (Å²) in [5.41, 5.74) is 0. The van der Waals surface area contributed by atoms with Gasteiger partial charge in [0.2, 0.25) is 0 Å². The molecule has 0 spiro atoms. The highest BCUT2D eigenvalue weighted by atomic mass is 32.2. The molecule has 5 nitrogen and oxygen atoms in total. The van der Waals surface area contributed by atoms with E-state index in [0.717, 1.165) is 45.4 Å². The Morgan fingerprint density at radius 1 is 1.42 bits per heavy atom. The molecule has 1 aliphatic heterocycles. The Morgan fingerprint density at radius 3 is 2.75 bits per heavy atom. The number of morpholine rings is 1. The molecule has 1 fully saturated rings. The van der Waals surface area contributed by atoms with Gasteiger partial charge in [0.25, 0.3) is 0 Å². The van der Waals surface area contributed by atoms with Gasteiger partial charge in [0, 0.05) is 42.9 Å². The Balaban J connectivity index is 1.93. The summed E-state index contributed by atoms with van der Waals surface area (Å²) in [4.78, 5) is 8.26. The van der Waals surface area contributed by atoms with Crippen molar-refractivity contribution in [1.82, 2.24) is 15.5 Å². The van der Waals surface area contributed by atoms with E-state index < -0.39 is 0 Å². The first kappa shape index (κ1) is 19.6. The summed E-state index contributed by atoms with van der Waals surface area (Å²) in [6.45, 7) is 9.80. The van der Waals surface area contributed by atoms with Gasteiger partial charge in [0.15, 0.2) is 5.96 Å². The zero-order valence-electron chi connectivity index (χ0n) is 15.2. The van der Waals surface area contributed by atoms with Crippen molar-refractivity contribution in [3.05, 3.63) is 22.4 Å². The fourth-order valence-electron chi connectivity index (χ4n) is 2.56. The number of rotatable bonds is 7. The van der Waals surface area contributed by atoms with E-state index in [1.807, 2.05) is 30.1 Å². The van der Waals surface area contributed by atoms with Crippen molar-refractivity contribution >= 4 is 29.1 Å². The summed E-state index contributed by atoms with van der Waals surface area (Å²) < 4.78 is 5.69. The highest BCUT2D eigenvalue weighted by molar-refractivity contribution is 7.99. The molecule has 2 heterocycles. The van der Waals surface area contributed by atoms with Crippen LogP contribution in [0.25, 0.3) is 0 Å². The molecular weight excluding hydrogens is 340 g/mol. The van der Waals surface area contributed by atoms with Crippen molar-refractivity contribution in [3.63, 3.8) is 0 Å². The van der Waals surface area contributed by atoms with Gasteiger partial charge in [-0.05, 0) is 31.5 Å². The van der Waals surface area contributed by atoms with E-state index in [9.17, 15) is 0 Å². The van der Waals surface area contributed by atoms with Crippen molar-refractivity contribution in [2.24, 2.45) is 4.99 Å². The highest BCUT2D eigenvalue weighted by Crippen LogP contribution is 2.25. The van der Waals surface area contributed by atoms with Crippen LogP contribution in [0.3, 0.4) is 0 Å². The number of nitrogens with one attached hydrogen (secondary N) is 2. The van der Waals surface area contributed by atoms with Crippen molar-refractivity contribution in [3.8, 4) is 0 Å². The summed E-state index contributed by atoms with van der Waals surface area (Å²) in [6, 6.07) is 4.71. The van der Waals surface area contributed by atoms with Gasteiger partial charge in [0.05, 0.1) is 19.3 Å². The van der Waals surface area contributed by atoms with Crippen LogP contribution in [0, 0.1) is 0 Å². The number of hydrogen-bond acceptors (Lipinski definition) is 5. The molecule has 0 saturated carbocycles. The van der Waals surface area contributed by atoms with Gasteiger partial charge in [-0.3, -0.25) is 9.89 Å². The Kier molecular flexibility index (Phi) is 7.87. The fourth-order valence-corrected chi connectivity index (χ4v) is 3.64. The van der Waals surface area contributed by atoms with Gasteiger partial charge in [-0.2, -0.15) is 11.8 Å². The molecule has 1 saturated heterocycles. The molecule has 1 aromatic heterocycles. The predicted octanol–water partition coefficient (Wildman–Crippen LogP) is 2.43. The third-order valence-electron chi connectivity index (χ3n) is 4.28. The summed E-state index contributed by atoms with van der Waals surface area (Å²) in [5.74, 6) is 0.868. The number of ether oxygens (including phenoxy) is 1. The summed E-state index contributed by atoms with van der Waals surface area (Å²) in [5, 5.41) is 9.10. The van der Waals surface area contributed by atoms with E-state index in [-0.39, 0.29) is 4.75 Å². The molecule has 1 aromatic rings. The molecule has 1 unspecified atom stereocenters. The molecule has 0 amide bonds. The quantitative estimate of drug-likeness (QED) is 0.570. The Labute approximate surface area is 154 Å². The first-order chi connectivity index (χ1) is 11.6. The van der Waals surface area contributed by atoms with E-state index in [2.05, 4.69) is 58.1 Å². The molecule has 0 bridgehead atoms. The second kappa shape index (κ2) is 9.65. The molecule has 2 N–H and O–H groups in total. The zero-order chi connectivity index (χ0) is 17.4. The molecule has 0 radical (unpaired) electrons. The molecule has 7 heteroatoms. The fraction of sp³-hybridized carbons (Fsp3) is 0.706. The lowest BCUT2D eigenvalue weighted by atomic mass is 10.2. The van der Waals surface area contributed by atoms with Gasteiger partial charge in [0.1, 0.15) is 0 Å². The van der Waals surface area contributed by atoms with Crippen molar-refractivity contribution in [2.45, 2.75) is 24.6 Å². The minimum Gasteiger partial charge on any atom is -0.379 e. The first-order valence-electron chi connectivity index (χ1n) is 8.40. The lowest BCUT2D eigenvalue weighted by Crippen LogP contribution is -2.48. The summed E-state index contributed by atoms with van der Waals surface area (Å²) in [6.07, 6.45) is 2.14. The van der Waals surface area contributed by atoms with Crippen LogP contribution < -0.4 is 10.6 Å². The molecule has 0 aromatic carbocycles. The topological polar surface area (TPSA) is 48.9 Å². The maximum absolute atomic E-state index is 5.51. The molecule has 1 aliphatic rings. The average Bonchev–Trinajstić information content (AvgIpc) is 3.13. The van der Waals surface area contributed by atoms with Crippen LogP contribution in [0.15, 0.2) is 22.5 Å². The normalized spacial score (nSPS) is 18.4. The van der Waals surface area contributed by atoms with E-state index in [4.69, 9.17) is 4.74 Å². The third kappa shape index (κ3) is 5.95. The Hall–Kier alpha value is -0.760. The highest BCUT2D eigenvalue weighted by Gasteiger charge is 2.24. The minimum absolute atomic E-state index is 0.189. The van der Waals surface area contributed by atoms with Crippen LogP contribution in [0.4, 0.5) is 0 Å². The van der Waals surface area contributed by atoms with E-state index in [1.165, 1.54) is 4.88 Å². The summed E-state index contributed by atoms with van der Waals surface area (Å²) in [7, 11) is 1.83. The average molecular weight is 371 g/mol. The maximum Gasteiger partial charge on any atom is 0.191 e. The predicted molar refractivity (Wildman–Crippen MR) is 106 cm³/mol. The second-order valence-electron chi connectivity index (χ2n) is 6.45. The van der Waals surface area contributed by atoms with Crippen molar-refractivity contribution in [2.75, 3.05) is 52.7 Å². The van der Waals surface area contributed by atoms with Crippen molar-refractivity contribution in [1.29, 1.82) is 0 Å². The number of nitrogens with zero attached hydrogens (tertiary/aromatic N) is 2. The first-order valence-corrected chi connectivity index (χ1v) is 10.5. The Morgan fingerprint density at radius 2 is 2.17 bits per heavy atom. The minimum atomic E-state index is 0.189. The van der Waals surface area contributed by atoms with Crippen LogP contribution >= 0.6 is 23.1 Å². The lowest BCUT2D eigenvalue weighted by molar-refractivity contribution is 0.0177. The van der Waals surface area contributed by atoms with Gasteiger partial charge in [-0.25, -0.2) is 0 Å². The molecule has 1 atom stereocenters. The van der Waals surface area contributed by atoms with Gasteiger partial charge in [-0.15, -0.1) is 11.3 Å². The largest absolute Gasteiger partial charge is 0.379 e. The number of thioether (sulfide) groups is 1. The number of guanidine groups is 1. The second-order valence-corrected chi connectivity index (χ2v) is 8.94. The van der Waals surface area contributed by atoms with Gasteiger partial charge < -0.3 is 15.4 Å². The third-order valence-corrected chi connectivity index (χ3v) is 6.50. The SMILES string of the molecule is CN=C(NCC(c1cccs1)N1CCOCC1)NCC(C)(C)SC. The number of hydrogen-bond donors (Lipinski definition) is 2. The lowest BCUT2D eigenvalue weighted by Gasteiger charge is -2.34. The summed E-state index contributed by atoms with van der Waals surface area (Å²) >= 11 is 3.68. The smallest absolute Gasteiger partial charge is 0.191 e. The molecule has 136 valence electrons. The Bertz CT molecular complexity index is 499. The van der Waals surface area contributed by atoms with Crippen LogP contribution in [0.5, 0.6) is 0 Å².